The number of carbonyl (C=O) groups excluding carboxylic acids is 2. The van der Waals surface area contributed by atoms with Crippen LogP contribution in [0.2, 0.25) is 0 Å². The zero-order valence-electron chi connectivity index (χ0n) is 17.6. The predicted octanol–water partition coefficient (Wildman–Crippen LogP) is 0.564. The van der Waals surface area contributed by atoms with Crippen LogP contribution >= 0.6 is 0 Å². The van der Waals surface area contributed by atoms with E-state index in [-0.39, 0.29) is 17.4 Å². The number of H-pyrrole nitrogens is 1. The number of hydrogen-bond acceptors (Lipinski definition) is 4. The van der Waals surface area contributed by atoms with Crippen LogP contribution in [0.1, 0.15) is 48.4 Å². The zero-order chi connectivity index (χ0) is 21.1. The van der Waals surface area contributed by atoms with Crippen molar-refractivity contribution in [3.8, 4) is 5.75 Å². The Kier molecular flexibility index (Phi) is 5.76. The maximum atomic E-state index is 12.9. The Hall–Kier alpha value is -2.87. The summed E-state index contributed by atoms with van der Waals surface area (Å²) in [6.07, 6.45) is 4.53. The number of aromatic nitrogens is 2. The molecule has 0 radical (unpaired) electrons. The number of quaternary nitrogens is 1. The van der Waals surface area contributed by atoms with Crippen LogP contribution in [0.5, 0.6) is 5.75 Å². The SMILES string of the molecule is CCOc1ccc(C(=O)N[C@@H](C)C(=O)N2CCC3(CC2)[NH2+]CCc2[nH]cnc23)cc1. The van der Waals surface area contributed by atoms with Crippen LogP contribution in [0.25, 0.3) is 0 Å². The van der Waals surface area contributed by atoms with Crippen molar-refractivity contribution in [3.05, 3.63) is 47.5 Å². The van der Waals surface area contributed by atoms with Crippen molar-refractivity contribution in [2.24, 2.45) is 0 Å². The molecule has 0 unspecified atom stereocenters. The lowest BCUT2D eigenvalue weighted by atomic mass is 9.80. The highest BCUT2D eigenvalue weighted by Crippen LogP contribution is 2.31. The van der Waals surface area contributed by atoms with Crippen LogP contribution in [-0.2, 0) is 16.8 Å². The molecule has 0 aliphatic carbocycles. The highest BCUT2D eigenvalue weighted by Gasteiger charge is 2.46. The average molecular weight is 413 g/mol. The van der Waals surface area contributed by atoms with Gasteiger partial charge < -0.3 is 25.3 Å². The fourth-order valence-corrected chi connectivity index (χ4v) is 4.58. The maximum Gasteiger partial charge on any atom is 0.251 e. The molecular weight excluding hydrogens is 382 g/mol. The van der Waals surface area contributed by atoms with Gasteiger partial charge in [-0.3, -0.25) is 9.59 Å². The molecule has 8 nitrogen and oxygen atoms in total. The summed E-state index contributed by atoms with van der Waals surface area (Å²) in [6, 6.07) is 6.37. The number of amides is 2. The summed E-state index contributed by atoms with van der Waals surface area (Å²) in [6.45, 7) is 6.62. The molecule has 8 heteroatoms. The van der Waals surface area contributed by atoms with Crippen LogP contribution in [0.4, 0.5) is 0 Å². The van der Waals surface area contributed by atoms with Gasteiger partial charge in [0.1, 0.15) is 23.0 Å². The number of nitrogens with two attached hydrogens (primary N) is 1. The lowest BCUT2D eigenvalue weighted by molar-refractivity contribution is -0.743. The molecule has 1 atom stereocenters. The van der Waals surface area contributed by atoms with Gasteiger partial charge in [0.25, 0.3) is 5.91 Å². The number of imidazole rings is 1. The van der Waals surface area contributed by atoms with E-state index in [1.165, 1.54) is 5.69 Å². The molecular formula is C22H30N5O3+. The summed E-state index contributed by atoms with van der Waals surface area (Å²) in [4.78, 5) is 35.2. The summed E-state index contributed by atoms with van der Waals surface area (Å²) >= 11 is 0. The molecule has 2 amide bonds. The van der Waals surface area contributed by atoms with Gasteiger partial charge in [-0.05, 0) is 38.1 Å². The van der Waals surface area contributed by atoms with E-state index in [0.717, 1.165) is 37.3 Å². The second kappa shape index (κ2) is 8.47. The maximum absolute atomic E-state index is 12.9. The number of hydrogen-bond donors (Lipinski definition) is 3. The van der Waals surface area contributed by atoms with Gasteiger partial charge in [-0.2, -0.15) is 0 Å². The number of fused-ring (bicyclic) bond motifs is 2. The smallest absolute Gasteiger partial charge is 0.251 e. The first kappa shape index (κ1) is 20.4. The van der Waals surface area contributed by atoms with E-state index in [2.05, 4.69) is 20.6 Å². The largest absolute Gasteiger partial charge is 0.494 e. The van der Waals surface area contributed by atoms with Crippen LogP contribution in [-0.4, -0.2) is 59.0 Å². The number of likely N-dealkylation sites (tertiary alicyclic amines) is 1. The number of aromatic amines is 1. The number of ether oxygens (including phenoxy) is 1. The van der Waals surface area contributed by atoms with Crippen molar-refractivity contribution in [2.45, 2.75) is 44.7 Å². The van der Waals surface area contributed by atoms with Crippen molar-refractivity contribution in [2.75, 3.05) is 26.2 Å². The van der Waals surface area contributed by atoms with E-state index in [0.29, 0.717) is 25.3 Å². The first-order valence-electron chi connectivity index (χ1n) is 10.7. The lowest BCUT2D eigenvalue weighted by Gasteiger charge is -2.41. The molecule has 0 bridgehead atoms. The van der Waals surface area contributed by atoms with Crippen molar-refractivity contribution >= 4 is 11.8 Å². The molecule has 2 aliphatic heterocycles. The predicted molar refractivity (Wildman–Crippen MR) is 111 cm³/mol. The Bertz CT molecular complexity index is 900. The fourth-order valence-electron chi connectivity index (χ4n) is 4.58. The van der Waals surface area contributed by atoms with Gasteiger partial charge in [-0.25, -0.2) is 4.98 Å². The van der Waals surface area contributed by atoms with Gasteiger partial charge in [-0.15, -0.1) is 0 Å². The van der Waals surface area contributed by atoms with Gasteiger partial charge in [0, 0.05) is 43.6 Å². The highest BCUT2D eigenvalue weighted by atomic mass is 16.5. The van der Waals surface area contributed by atoms with Gasteiger partial charge in [0.05, 0.1) is 19.5 Å². The zero-order valence-corrected chi connectivity index (χ0v) is 17.6. The van der Waals surface area contributed by atoms with Gasteiger partial charge >= 0.3 is 0 Å². The molecule has 4 rings (SSSR count). The second-order valence-corrected chi connectivity index (χ2v) is 8.11. The van der Waals surface area contributed by atoms with Crippen LogP contribution in [0.15, 0.2) is 30.6 Å². The standard InChI is InChI=1S/C22H29N5O3/c1-3-30-17-6-4-16(5-7-17)20(28)26-15(2)21(29)27-12-9-22(10-13-27)19-18(8-11-25-22)23-14-24-19/h4-7,14-15,25H,3,8-13H2,1-2H3,(H,23,24)(H,26,28)/p+1/t15-/m0/s1. The minimum absolute atomic E-state index is 0.0286. The number of benzene rings is 1. The van der Waals surface area contributed by atoms with E-state index in [9.17, 15) is 9.59 Å². The molecule has 3 heterocycles. The van der Waals surface area contributed by atoms with Crippen LogP contribution < -0.4 is 15.4 Å². The lowest BCUT2D eigenvalue weighted by Crippen LogP contribution is -2.97. The minimum atomic E-state index is -0.575. The number of rotatable bonds is 5. The molecule has 1 aromatic carbocycles. The Morgan fingerprint density at radius 2 is 2.03 bits per heavy atom. The van der Waals surface area contributed by atoms with E-state index >= 15 is 0 Å². The van der Waals surface area contributed by atoms with Gasteiger partial charge in [0.2, 0.25) is 5.91 Å². The van der Waals surface area contributed by atoms with Gasteiger partial charge in [0.15, 0.2) is 0 Å². The van der Waals surface area contributed by atoms with Crippen molar-refractivity contribution in [3.63, 3.8) is 0 Å². The Morgan fingerprint density at radius 1 is 1.30 bits per heavy atom. The van der Waals surface area contributed by atoms with Gasteiger partial charge in [-0.1, -0.05) is 0 Å². The monoisotopic (exact) mass is 412 g/mol. The molecule has 1 saturated heterocycles. The third kappa shape index (κ3) is 3.92. The molecule has 1 aromatic heterocycles. The summed E-state index contributed by atoms with van der Waals surface area (Å²) in [5, 5.41) is 5.22. The quantitative estimate of drug-likeness (QED) is 0.668. The molecule has 0 saturated carbocycles. The van der Waals surface area contributed by atoms with E-state index < -0.39 is 6.04 Å². The topological polar surface area (TPSA) is 104 Å². The third-order valence-electron chi connectivity index (χ3n) is 6.23. The molecule has 2 aromatic rings. The van der Waals surface area contributed by atoms with Crippen molar-refractivity contribution in [1.29, 1.82) is 0 Å². The number of nitrogens with zero attached hydrogens (tertiary/aromatic N) is 2. The van der Waals surface area contributed by atoms with Crippen molar-refractivity contribution in [1.82, 2.24) is 20.2 Å². The molecule has 4 N–H and O–H groups in total. The summed E-state index contributed by atoms with van der Waals surface area (Å²) < 4.78 is 5.40. The molecule has 2 aliphatic rings. The number of nitrogens with one attached hydrogen (secondary N) is 2. The first-order valence-corrected chi connectivity index (χ1v) is 10.7. The summed E-state index contributed by atoms with van der Waals surface area (Å²) in [5.41, 5.74) is 2.86. The molecule has 1 spiro atoms. The van der Waals surface area contributed by atoms with Crippen molar-refractivity contribution < 1.29 is 19.6 Å². The molecule has 30 heavy (non-hydrogen) atoms. The van der Waals surface area contributed by atoms with E-state index in [1.807, 2.05) is 11.8 Å². The normalized spacial score (nSPS) is 18.5. The fraction of sp³-hybridized carbons (Fsp3) is 0.500. The van der Waals surface area contributed by atoms with E-state index in [1.54, 1.807) is 37.5 Å². The first-order chi connectivity index (χ1) is 14.5. The van der Waals surface area contributed by atoms with Crippen LogP contribution in [0.3, 0.4) is 0 Å². The highest BCUT2D eigenvalue weighted by molar-refractivity contribution is 5.97. The number of carbonyl (C=O) groups is 2. The average Bonchev–Trinajstić information content (AvgIpc) is 3.25. The van der Waals surface area contributed by atoms with Crippen LogP contribution in [0, 0.1) is 0 Å². The summed E-state index contributed by atoms with van der Waals surface area (Å²) in [5.74, 6) is 0.427. The van der Waals surface area contributed by atoms with E-state index in [4.69, 9.17) is 4.74 Å². The number of piperidine rings is 1. The Morgan fingerprint density at radius 3 is 2.73 bits per heavy atom. The third-order valence-corrected chi connectivity index (χ3v) is 6.23. The Labute approximate surface area is 176 Å². The molecule has 160 valence electrons. The summed E-state index contributed by atoms with van der Waals surface area (Å²) in [7, 11) is 0. The minimum Gasteiger partial charge on any atom is -0.494 e. The second-order valence-electron chi connectivity index (χ2n) is 8.11. The molecule has 1 fully saturated rings. The Balaban J connectivity index is 1.33.